The fraction of sp³-hybridized carbons (Fsp3) is 1.00. The summed E-state index contributed by atoms with van der Waals surface area (Å²) < 4.78 is 14.1. The van der Waals surface area contributed by atoms with E-state index in [1.54, 1.807) is 0 Å². The first kappa shape index (κ1) is 23.5. The molecule has 7 heteroatoms. The van der Waals surface area contributed by atoms with Gasteiger partial charge in [-0.1, -0.05) is 33.1 Å². The molecule has 0 rings (SSSR count). The van der Waals surface area contributed by atoms with Gasteiger partial charge in [0.1, 0.15) is 0 Å². The van der Waals surface area contributed by atoms with Gasteiger partial charge in [0.05, 0.1) is 14.4 Å². The minimum absolute atomic E-state index is 0. The minimum Gasteiger partial charge on any atom is -0.790 e. The Labute approximate surface area is 177 Å². The summed E-state index contributed by atoms with van der Waals surface area (Å²) in [5.74, 6) is 0.672. The second-order valence-corrected chi connectivity index (χ2v) is 4.68. The van der Waals surface area contributed by atoms with Crippen molar-refractivity contribution in [2.45, 2.75) is 39.5 Å². The SMILES string of the molecule is CC(C)CCCCCOP(=O)([O-])[O-].[K+].[K+]. The fourth-order valence-electron chi connectivity index (χ4n) is 1.01. The molecular formula is C8H17K2O4P. The Bertz CT molecular complexity index is 172. The number of unbranched alkanes of at least 4 members (excludes halogenated alkanes) is 2. The first-order valence-corrected chi connectivity index (χ1v) is 6.04. The van der Waals surface area contributed by atoms with Crippen molar-refractivity contribution >= 4 is 7.82 Å². The van der Waals surface area contributed by atoms with E-state index in [1.165, 1.54) is 0 Å². The van der Waals surface area contributed by atoms with Crippen molar-refractivity contribution in [2.24, 2.45) is 5.92 Å². The van der Waals surface area contributed by atoms with E-state index in [4.69, 9.17) is 0 Å². The summed E-state index contributed by atoms with van der Waals surface area (Å²) in [5.41, 5.74) is 0. The molecule has 0 atom stereocenters. The van der Waals surface area contributed by atoms with Crippen molar-refractivity contribution in [2.75, 3.05) is 6.61 Å². The van der Waals surface area contributed by atoms with Gasteiger partial charge in [0.2, 0.25) is 0 Å². The Kier molecular flexibility index (Phi) is 21.6. The third-order valence-corrected chi connectivity index (χ3v) is 2.17. The average Bonchev–Trinajstić information content (AvgIpc) is 1.93. The summed E-state index contributed by atoms with van der Waals surface area (Å²) in [5, 5.41) is 0. The van der Waals surface area contributed by atoms with Crippen LogP contribution in [-0.4, -0.2) is 6.61 Å². The van der Waals surface area contributed by atoms with Gasteiger partial charge in [0.25, 0.3) is 0 Å². The maximum Gasteiger partial charge on any atom is 1.00 e. The van der Waals surface area contributed by atoms with E-state index in [1.807, 2.05) is 0 Å². The van der Waals surface area contributed by atoms with Crippen molar-refractivity contribution < 1.29 is 122 Å². The van der Waals surface area contributed by atoms with Crippen molar-refractivity contribution in [3.63, 3.8) is 0 Å². The normalized spacial score (nSPS) is 10.7. The van der Waals surface area contributed by atoms with Crippen LogP contribution in [0.15, 0.2) is 0 Å². The summed E-state index contributed by atoms with van der Waals surface area (Å²) in [4.78, 5) is 20.0. The van der Waals surface area contributed by atoms with Crippen LogP contribution in [0.5, 0.6) is 0 Å². The molecule has 0 aliphatic rings. The molecule has 4 nitrogen and oxygen atoms in total. The van der Waals surface area contributed by atoms with E-state index in [0.29, 0.717) is 12.3 Å². The molecule has 0 saturated heterocycles. The van der Waals surface area contributed by atoms with Crippen molar-refractivity contribution in [3.8, 4) is 0 Å². The molecule has 0 aromatic carbocycles. The Morgan fingerprint density at radius 2 is 1.67 bits per heavy atom. The van der Waals surface area contributed by atoms with Crippen LogP contribution in [0.3, 0.4) is 0 Å². The molecule has 0 aliphatic heterocycles. The molecule has 0 fully saturated rings. The summed E-state index contributed by atoms with van der Waals surface area (Å²) in [6.07, 6.45) is 3.74. The van der Waals surface area contributed by atoms with Crippen molar-refractivity contribution in [3.05, 3.63) is 0 Å². The molecular weight excluding hydrogens is 269 g/mol. The van der Waals surface area contributed by atoms with Gasteiger partial charge >= 0.3 is 103 Å². The number of phosphoric ester groups is 1. The zero-order chi connectivity index (χ0) is 10.3. The second-order valence-electron chi connectivity index (χ2n) is 3.52. The summed E-state index contributed by atoms with van der Waals surface area (Å²) in [6.45, 7) is 4.31. The van der Waals surface area contributed by atoms with E-state index >= 15 is 0 Å². The van der Waals surface area contributed by atoms with Crippen LogP contribution in [0.25, 0.3) is 0 Å². The maximum absolute atomic E-state index is 10.0. The second kappa shape index (κ2) is 13.8. The van der Waals surface area contributed by atoms with E-state index in [0.717, 1.165) is 19.3 Å². The number of phosphoric acid groups is 1. The largest absolute Gasteiger partial charge is 1.00 e. The Morgan fingerprint density at radius 3 is 2.07 bits per heavy atom. The first-order valence-electron chi connectivity index (χ1n) is 4.58. The van der Waals surface area contributed by atoms with Crippen molar-refractivity contribution in [1.82, 2.24) is 0 Å². The third kappa shape index (κ3) is 23.0. The Balaban J connectivity index is -0.000000720. The van der Waals surface area contributed by atoms with Gasteiger partial charge in [-0.25, -0.2) is 0 Å². The van der Waals surface area contributed by atoms with Gasteiger partial charge < -0.3 is 18.9 Å². The third-order valence-electron chi connectivity index (χ3n) is 1.68. The van der Waals surface area contributed by atoms with Crippen LogP contribution in [0.1, 0.15) is 39.5 Å². The summed E-state index contributed by atoms with van der Waals surface area (Å²) >= 11 is 0. The zero-order valence-corrected chi connectivity index (χ0v) is 17.3. The van der Waals surface area contributed by atoms with E-state index in [-0.39, 0.29) is 109 Å². The molecule has 0 unspecified atom stereocenters. The monoisotopic (exact) mass is 286 g/mol. The van der Waals surface area contributed by atoms with Crippen LogP contribution < -0.4 is 113 Å². The van der Waals surface area contributed by atoms with Crippen LogP contribution >= 0.6 is 7.82 Å². The summed E-state index contributed by atoms with van der Waals surface area (Å²) in [6, 6.07) is 0. The number of rotatable bonds is 7. The fourth-order valence-corrected chi connectivity index (χ4v) is 1.36. The molecule has 0 bridgehead atoms. The molecule has 15 heavy (non-hydrogen) atoms. The molecule has 0 N–H and O–H groups in total. The molecule has 0 aromatic rings. The van der Waals surface area contributed by atoms with Gasteiger partial charge in [-0.05, 0) is 12.3 Å². The van der Waals surface area contributed by atoms with E-state index in [9.17, 15) is 14.4 Å². The van der Waals surface area contributed by atoms with Gasteiger partial charge in [-0.15, -0.1) is 0 Å². The summed E-state index contributed by atoms with van der Waals surface area (Å²) in [7, 11) is -4.73. The number of hydrogen-bond donors (Lipinski definition) is 0. The number of hydrogen-bond acceptors (Lipinski definition) is 4. The first-order chi connectivity index (χ1) is 5.92. The molecule has 0 spiro atoms. The van der Waals surface area contributed by atoms with Crippen LogP contribution in [0.4, 0.5) is 0 Å². The molecule has 80 valence electrons. The quantitative estimate of drug-likeness (QED) is 0.267. The van der Waals surface area contributed by atoms with Crippen LogP contribution in [0, 0.1) is 5.92 Å². The predicted molar refractivity (Wildman–Crippen MR) is 46.9 cm³/mol. The molecule has 0 aromatic heterocycles. The topological polar surface area (TPSA) is 72.4 Å². The van der Waals surface area contributed by atoms with E-state index < -0.39 is 7.82 Å². The van der Waals surface area contributed by atoms with E-state index in [2.05, 4.69) is 18.4 Å². The van der Waals surface area contributed by atoms with Gasteiger partial charge in [0.15, 0.2) is 0 Å². The molecule has 0 amide bonds. The Hall–Kier alpha value is 3.38. The van der Waals surface area contributed by atoms with Crippen LogP contribution in [0.2, 0.25) is 0 Å². The molecule has 0 radical (unpaired) electrons. The van der Waals surface area contributed by atoms with Gasteiger partial charge in [-0.3, -0.25) is 0 Å². The standard InChI is InChI=1S/C8H19O4P.2K/c1-8(2)6-4-3-5-7-12-13(9,10)11;;/h8H,3-7H2,1-2H3,(H2,9,10,11);;/q;2*+1/p-2. The van der Waals surface area contributed by atoms with Crippen molar-refractivity contribution in [1.29, 1.82) is 0 Å². The minimum atomic E-state index is -4.73. The zero-order valence-electron chi connectivity index (χ0n) is 10.2. The average molecular weight is 286 g/mol. The molecule has 0 aliphatic carbocycles. The van der Waals surface area contributed by atoms with Gasteiger partial charge in [0, 0.05) is 0 Å². The van der Waals surface area contributed by atoms with Gasteiger partial charge in [-0.2, -0.15) is 0 Å². The predicted octanol–water partition coefficient (Wildman–Crippen LogP) is -4.94. The molecule has 0 saturated carbocycles. The smallest absolute Gasteiger partial charge is 0.790 e. The molecule has 0 heterocycles. The van der Waals surface area contributed by atoms with Crippen LogP contribution in [-0.2, 0) is 9.09 Å². The Morgan fingerprint density at radius 1 is 1.13 bits per heavy atom. The maximum atomic E-state index is 10.0.